The molecule has 4 rings (SSSR count). The zero-order chi connectivity index (χ0) is 19.0. The van der Waals surface area contributed by atoms with Gasteiger partial charge in [-0.25, -0.2) is 13.8 Å². The van der Waals surface area contributed by atoms with Crippen molar-refractivity contribution in [2.24, 2.45) is 0 Å². The SMILES string of the molecule is CCC(F)(F)Cn1c(Cc2cnccn2)nc2cnc3ccc(Cl)cc3c21. The van der Waals surface area contributed by atoms with E-state index in [-0.39, 0.29) is 6.42 Å². The van der Waals surface area contributed by atoms with Gasteiger partial charge in [-0.15, -0.1) is 0 Å². The molecule has 138 valence electrons. The van der Waals surface area contributed by atoms with Crippen molar-refractivity contribution in [3.63, 3.8) is 0 Å². The maximum atomic E-state index is 14.3. The monoisotopic (exact) mass is 387 g/mol. The van der Waals surface area contributed by atoms with Crippen LogP contribution in [0, 0.1) is 0 Å². The molecule has 5 nitrogen and oxygen atoms in total. The average Bonchev–Trinajstić information content (AvgIpc) is 2.99. The molecule has 8 heteroatoms. The van der Waals surface area contributed by atoms with Crippen molar-refractivity contribution >= 4 is 33.5 Å². The molecule has 0 spiro atoms. The lowest BCUT2D eigenvalue weighted by Gasteiger charge is -2.18. The molecule has 0 atom stereocenters. The number of fused-ring (bicyclic) bond motifs is 3. The van der Waals surface area contributed by atoms with Gasteiger partial charge in [0.05, 0.1) is 29.5 Å². The highest BCUT2D eigenvalue weighted by Crippen LogP contribution is 2.31. The van der Waals surface area contributed by atoms with Gasteiger partial charge in [-0.2, -0.15) is 0 Å². The molecule has 27 heavy (non-hydrogen) atoms. The molecule has 0 fully saturated rings. The third kappa shape index (κ3) is 3.47. The van der Waals surface area contributed by atoms with Crippen LogP contribution in [0.3, 0.4) is 0 Å². The summed E-state index contributed by atoms with van der Waals surface area (Å²) in [4.78, 5) is 17.2. The van der Waals surface area contributed by atoms with Crippen LogP contribution in [0.2, 0.25) is 5.02 Å². The number of nitrogens with zero attached hydrogens (tertiary/aromatic N) is 5. The lowest BCUT2D eigenvalue weighted by atomic mass is 10.2. The minimum absolute atomic E-state index is 0.263. The van der Waals surface area contributed by atoms with E-state index in [4.69, 9.17) is 11.6 Å². The van der Waals surface area contributed by atoms with Crippen molar-refractivity contribution in [2.75, 3.05) is 0 Å². The summed E-state index contributed by atoms with van der Waals surface area (Å²) >= 11 is 6.14. The topological polar surface area (TPSA) is 56.5 Å². The highest BCUT2D eigenvalue weighted by atomic mass is 35.5. The summed E-state index contributed by atoms with van der Waals surface area (Å²) < 4.78 is 30.2. The third-order valence-corrected chi connectivity index (χ3v) is 4.71. The van der Waals surface area contributed by atoms with Gasteiger partial charge in [0.1, 0.15) is 11.3 Å². The van der Waals surface area contributed by atoms with E-state index in [1.54, 1.807) is 47.6 Å². The molecule has 0 aliphatic heterocycles. The predicted molar refractivity (Wildman–Crippen MR) is 100 cm³/mol. The molecule has 3 heterocycles. The summed E-state index contributed by atoms with van der Waals surface area (Å²) in [5, 5.41) is 1.21. The molecular formula is C19H16ClF2N5. The fourth-order valence-electron chi connectivity index (χ4n) is 3.07. The number of hydrogen-bond donors (Lipinski definition) is 0. The molecule has 0 radical (unpaired) electrons. The van der Waals surface area contributed by atoms with Gasteiger partial charge in [0.15, 0.2) is 0 Å². The van der Waals surface area contributed by atoms with Crippen LogP contribution in [0.5, 0.6) is 0 Å². The highest BCUT2D eigenvalue weighted by Gasteiger charge is 2.29. The van der Waals surface area contributed by atoms with Crippen LogP contribution in [0.4, 0.5) is 8.78 Å². The highest BCUT2D eigenvalue weighted by molar-refractivity contribution is 6.31. The van der Waals surface area contributed by atoms with Crippen molar-refractivity contribution < 1.29 is 8.78 Å². The van der Waals surface area contributed by atoms with E-state index in [0.717, 1.165) is 0 Å². The van der Waals surface area contributed by atoms with Gasteiger partial charge in [-0.05, 0) is 18.2 Å². The van der Waals surface area contributed by atoms with Gasteiger partial charge in [-0.3, -0.25) is 15.0 Å². The predicted octanol–water partition coefficient (Wildman–Crippen LogP) is 4.66. The Morgan fingerprint density at radius 1 is 1.11 bits per heavy atom. The lowest BCUT2D eigenvalue weighted by molar-refractivity contribution is -0.0194. The number of imidazole rings is 1. The third-order valence-electron chi connectivity index (χ3n) is 4.48. The molecule has 4 aromatic rings. The summed E-state index contributed by atoms with van der Waals surface area (Å²) in [5.74, 6) is -2.37. The van der Waals surface area contributed by atoms with E-state index in [0.29, 0.717) is 44.9 Å². The van der Waals surface area contributed by atoms with Crippen molar-refractivity contribution in [3.8, 4) is 0 Å². The molecule has 0 saturated heterocycles. The zero-order valence-corrected chi connectivity index (χ0v) is 15.3. The summed E-state index contributed by atoms with van der Waals surface area (Å²) in [6, 6.07) is 5.24. The van der Waals surface area contributed by atoms with Gasteiger partial charge in [0, 0.05) is 41.8 Å². The molecule has 3 aromatic heterocycles. The van der Waals surface area contributed by atoms with Crippen LogP contribution in [0.15, 0.2) is 43.0 Å². The first-order chi connectivity index (χ1) is 13.0. The Bertz CT molecular complexity index is 1110. The normalized spacial score (nSPS) is 12.1. The fourth-order valence-corrected chi connectivity index (χ4v) is 3.24. The van der Waals surface area contributed by atoms with Gasteiger partial charge in [0.25, 0.3) is 5.92 Å². The Labute approximate surface area is 159 Å². The minimum atomic E-state index is -2.86. The van der Waals surface area contributed by atoms with Gasteiger partial charge < -0.3 is 4.57 Å². The number of alkyl halides is 2. The van der Waals surface area contributed by atoms with E-state index in [2.05, 4.69) is 19.9 Å². The quantitative estimate of drug-likeness (QED) is 0.499. The van der Waals surface area contributed by atoms with Crippen molar-refractivity contribution in [1.29, 1.82) is 0 Å². The molecule has 0 amide bonds. The fraction of sp³-hybridized carbons (Fsp3) is 0.263. The Morgan fingerprint density at radius 3 is 2.70 bits per heavy atom. The van der Waals surface area contributed by atoms with E-state index in [1.807, 2.05) is 0 Å². The van der Waals surface area contributed by atoms with Gasteiger partial charge in [0.2, 0.25) is 0 Å². The van der Waals surface area contributed by atoms with Crippen LogP contribution >= 0.6 is 11.6 Å². The van der Waals surface area contributed by atoms with Crippen molar-refractivity contribution in [1.82, 2.24) is 24.5 Å². The molecule has 1 aromatic carbocycles. The van der Waals surface area contributed by atoms with Crippen LogP contribution in [-0.2, 0) is 13.0 Å². The summed E-state index contributed by atoms with van der Waals surface area (Å²) in [6.07, 6.45) is 6.38. The molecule has 0 saturated carbocycles. The number of hydrogen-bond acceptors (Lipinski definition) is 4. The van der Waals surface area contributed by atoms with Crippen molar-refractivity contribution in [2.45, 2.75) is 32.2 Å². The van der Waals surface area contributed by atoms with Crippen molar-refractivity contribution in [3.05, 3.63) is 59.5 Å². The van der Waals surface area contributed by atoms with Gasteiger partial charge in [-0.1, -0.05) is 18.5 Å². The Balaban J connectivity index is 1.96. The molecule has 0 bridgehead atoms. The van der Waals surface area contributed by atoms with E-state index in [1.165, 1.54) is 6.92 Å². The van der Waals surface area contributed by atoms with Crippen LogP contribution in [-0.4, -0.2) is 30.4 Å². The maximum absolute atomic E-state index is 14.3. The second-order valence-corrected chi connectivity index (χ2v) is 6.79. The smallest absolute Gasteiger partial charge is 0.265 e. The standard InChI is InChI=1S/C19H16ClF2N5/c1-2-19(21,22)11-27-17(8-13-9-23-5-6-24-13)26-16-10-25-15-4-3-12(20)7-14(15)18(16)27/h3-7,9-10H,2,8,11H2,1H3. The number of halogens is 3. The molecule has 0 N–H and O–H groups in total. The van der Waals surface area contributed by atoms with Crippen LogP contribution < -0.4 is 0 Å². The average molecular weight is 388 g/mol. The maximum Gasteiger partial charge on any atom is 0.265 e. The number of aromatic nitrogens is 5. The Morgan fingerprint density at radius 2 is 1.96 bits per heavy atom. The zero-order valence-electron chi connectivity index (χ0n) is 14.5. The van der Waals surface area contributed by atoms with E-state index < -0.39 is 12.5 Å². The second kappa shape index (κ2) is 6.81. The molecule has 0 aliphatic rings. The first-order valence-corrected chi connectivity index (χ1v) is 8.91. The van der Waals surface area contributed by atoms with Crippen LogP contribution in [0.1, 0.15) is 24.9 Å². The number of rotatable bonds is 5. The summed E-state index contributed by atoms with van der Waals surface area (Å²) in [5.41, 5.74) is 2.49. The summed E-state index contributed by atoms with van der Waals surface area (Å²) in [7, 11) is 0. The summed E-state index contributed by atoms with van der Waals surface area (Å²) in [6.45, 7) is 0.999. The molecule has 0 unspecified atom stereocenters. The first kappa shape index (κ1) is 17.7. The van der Waals surface area contributed by atoms with Crippen LogP contribution in [0.25, 0.3) is 21.9 Å². The van der Waals surface area contributed by atoms with E-state index in [9.17, 15) is 8.78 Å². The number of benzene rings is 1. The van der Waals surface area contributed by atoms with Gasteiger partial charge >= 0.3 is 0 Å². The van der Waals surface area contributed by atoms with E-state index >= 15 is 0 Å². The Hall–Kier alpha value is -2.67. The largest absolute Gasteiger partial charge is 0.321 e. The minimum Gasteiger partial charge on any atom is -0.321 e. The second-order valence-electron chi connectivity index (χ2n) is 6.35. The molecular weight excluding hydrogens is 372 g/mol. The number of pyridine rings is 1. The Kier molecular flexibility index (Phi) is 4.47. The first-order valence-electron chi connectivity index (χ1n) is 8.53. The molecule has 0 aliphatic carbocycles. The lowest BCUT2D eigenvalue weighted by Crippen LogP contribution is -2.24.